The number of methoxy groups -OCH3 is 1. The largest absolute Gasteiger partial charge is 0.497 e. The number of nitrogens with two attached hydrogens (primary N) is 1. The lowest BCUT2D eigenvalue weighted by atomic mass is 9.83. The summed E-state index contributed by atoms with van der Waals surface area (Å²) in [6.07, 6.45) is 6.62. The first kappa shape index (κ1) is 30.5. The molecule has 0 spiro atoms. The molecule has 228 valence electrons. The molecular weight excluding hydrogens is 560 g/mol. The predicted octanol–water partition coefficient (Wildman–Crippen LogP) is 3.67. The van der Waals surface area contributed by atoms with Crippen molar-refractivity contribution in [1.82, 2.24) is 15.0 Å². The second-order valence-electron chi connectivity index (χ2n) is 10.8. The van der Waals surface area contributed by atoms with Crippen LogP contribution in [-0.4, -0.2) is 50.7 Å². The number of aliphatic hydroxyl groups is 2. The average Bonchev–Trinajstić information content (AvgIpc) is 3.57. The molecule has 0 saturated carbocycles. The zero-order valence-corrected chi connectivity index (χ0v) is 24.7. The first-order valence-corrected chi connectivity index (χ1v) is 14.4. The SMILES string of the molecule is COc1ccc2c(c1)[C@@](O)([C@H](C)/C=C/CCn1cc(CCO)nn1)C(=O)N2Cc1ccc(NC(=O)c2ccc(N)cc2)cc1. The predicted molar refractivity (Wildman–Crippen MR) is 167 cm³/mol. The van der Waals surface area contributed by atoms with E-state index in [0.29, 0.717) is 53.3 Å². The number of aliphatic hydroxyl groups excluding tert-OH is 1. The van der Waals surface area contributed by atoms with Crippen molar-refractivity contribution >= 4 is 28.9 Å². The van der Waals surface area contributed by atoms with Gasteiger partial charge in [0.1, 0.15) is 5.75 Å². The van der Waals surface area contributed by atoms with Crippen molar-refractivity contribution in [2.24, 2.45) is 5.92 Å². The van der Waals surface area contributed by atoms with Crippen molar-refractivity contribution in [2.45, 2.75) is 38.5 Å². The molecule has 11 heteroatoms. The van der Waals surface area contributed by atoms with Crippen LogP contribution in [0.3, 0.4) is 0 Å². The van der Waals surface area contributed by atoms with Crippen molar-refractivity contribution < 1.29 is 24.5 Å². The summed E-state index contributed by atoms with van der Waals surface area (Å²) in [5.74, 6) is -0.685. The van der Waals surface area contributed by atoms with E-state index < -0.39 is 17.4 Å². The highest BCUT2D eigenvalue weighted by Crippen LogP contribution is 2.47. The van der Waals surface area contributed by atoms with Crippen molar-refractivity contribution in [3.05, 3.63) is 107 Å². The number of nitrogen functional groups attached to an aromatic ring is 1. The smallest absolute Gasteiger partial charge is 0.264 e. The summed E-state index contributed by atoms with van der Waals surface area (Å²) in [7, 11) is 1.54. The summed E-state index contributed by atoms with van der Waals surface area (Å²) in [6, 6.07) is 19.2. The Morgan fingerprint density at radius 3 is 2.59 bits per heavy atom. The van der Waals surface area contributed by atoms with E-state index in [1.54, 1.807) is 77.5 Å². The van der Waals surface area contributed by atoms with E-state index in [0.717, 1.165) is 11.3 Å². The van der Waals surface area contributed by atoms with E-state index in [9.17, 15) is 14.7 Å². The van der Waals surface area contributed by atoms with Crippen LogP contribution in [0, 0.1) is 5.92 Å². The molecule has 1 aliphatic heterocycles. The average molecular weight is 597 g/mol. The number of ether oxygens (including phenoxy) is 1. The fourth-order valence-electron chi connectivity index (χ4n) is 5.25. The van der Waals surface area contributed by atoms with Crippen LogP contribution in [0.2, 0.25) is 0 Å². The van der Waals surface area contributed by atoms with Gasteiger partial charge in [0.05, 0.1) is 25.0 Å². The third kappa shape index (κ3) is 6.34. The lowest BCUT2D eigenvalue weighted by molar-refractivity contribution is -0.139. The van der Waals surface area contributed by atoms with Crippen molar-refractivity contribution in [2.75, 3.05) is 29.7 Å². The van der Waals surface area contributed by atoms with Crippen molar-refractivity contribution in [3.63, 3.8) is 0 Å². The third-order valence-electron chi connectivity index (χ3n) is 7.76. The number of benzene rings is 3. The third-order valence-corrected chi connectivity index (χ3v) is 7.76. The molecule has 44 heavy (non-hydrogen) atoms. The van der Waals surface area contributed by atoms with Crippen LogP contribution >= 0.6 is 0 Å². The van der Waals surface area contributed by atoms with Gasteiger partial charge in [0, 0.05) is 54.2 Å². The van der Waals surface area contributed by atoms with Gasteiger partial charge in [0.15, 0.2) is 5.60 Å². The minimum Gasteiger partial charge on any atom is -0.497 e. The standard InChI is InChI=1S/C33H36N6O5/c1-22(5-3-4-17-38-21-27(16-18-40)36-37-38)33(43)29-19-28(44-2)14-15-30(29)39(32(33)42)20-23-6-12-26(13-7-23)35-31(41)24-8-10-25(34)11-9-24/h3,5-15,19,21-22,40,43H,4,16-18,20,34H2,1-2H3,(H,35,41)/b5-3+/t22-,33+/m1/s1. The second kappa shape index (κ2) is 13.1. The van der Waals surface area contributed by atoms with Crippen LogP contribution in [0.1, 0.15) is 40.5 Å². The highest BCUT2D eigenvalue weighted by atomic mass is 16.5. The number of anilines is 3. The number of rotatable bonds is 12. The first-order valence-electron chi connectivity index (χ1n) is 14.4. The van der Waals surface area contributed by atoms with E-state index in [1.807, 2.05) is 31.2 Å². The van der Waals surface area contributed by atoms with Gasteiger partial charge in [-0.15, -0.1) is 5.10 Å². The molecule has 2 heterocycles. The number of fused-ring (bicyclic) bond motifs is 1. The maximum atomic E-state index is 13.9. The van der Waals surface area contributed by atoms with Gasteiger partial charge in [-0.1, -0.05) is 36.4 Å². The lowest BCUT2D eigenvalue weighted by Crippen LogP contribution is -2.44. The summed E-state index contributed by atoms with van der Waals surface area (Å²) in [4.78, 5) is 28.1. The van der Waals surface area contributed by atoms with Gasteiger partial charge in [0.2, 0.25) is 0 Å². The Morgan fingerprint density at radius 1 is 1.14 bits per heavy atom. The van der Waals surface area contributed by atoms with Gasteiger partial charge >= 0.3 is 0 Å². The Labute approximate surface area is 255 Å². The lowest BCUT2D eigenvalue weighted by Gasteiger charge is -2.28. The molecule has 1 aliphatic rings. The normalized spacial score (nSPS) is 16.7. The van der Waals surface area contributed by atoms with Gasteiger partial charge < -0.3 is 30.9 Å². The van der Waals surface area contributed by atoms with Crippen LogP contribution in [0.15, 0.2) is 85.1 Å². The van der Waals surface area contributed by atoms with Crippen molar-refractivity contribution in [1.29, 1.82) is 0 Å². The van der Waals surface area contributed by atoms with Gasteiger partial charge in [0.25, 0.3) is 11.8 Å². The topological polar surface area (TPSA) is 156 Å². The van der Waals surface area contributed by atoms with Crippen molar-refractivity contribution in [3.8, 4) is 5.75 Å². The van der Waals surface area contributed by atoms with Gasteiger partial charge in [-0.2, -0.15) is 0 Å². The molecule has 0 unspecified atom stereocenters. The van der Waals surface area contributed by atoms with Gasteiger partial charge in [-0.25, -0.2) is 0 Å². The van der Waals surface area contributed by atoms with Gasteiger partial charge in [-0.05, 0) is 66.6 Å². The molecule has 3 aromatic carbocycles. The molecule has 2 atom stereocenters. The van der Waals surface area contributed by atoms with Gasteiger partial charge in [-0.3, -0.25) is 14.3 Å². The van der Waals surface area contributed by atoms with Crippen LogP contribution < -0.4 is 20.7 Å². The van der Waals surface area contributed by atoms with Crippen LogP contribution in [0.4, 0.5) is 17.1 Å². The quantitative estimate of drug-likeness (QED) is 0.143. The van der Waals surface area contributed by atoms with Crippen LogP contribution in [0.25, 0.3) is 0 Å². The number of nitrogens with zero attached hydrogens (tertiary/aromatic N) is 4. The van der Waals surface area contributed by atoms with E-state index in [-0.39, 0.29) is 19.1 Å². The summed E-state index contributed by atoms with van der Waals surface area (Å²) < 4.78 is 7.12. The molecule has 0 fully saturated rings. The van der Waals surface area contributed by atoms with Crippen LogP contribution in [-0.2, 0) is 29.9 Å². The number of amides is 2. The van der Waals surface area contributed by atoms with E-state index in [2.05, 4.69) is 15.6 Å². The van der Waals surface area contributed by atoms with E-state index in [1.165, 1.54) is 0 Å². The molecule has 5 rings (SSSR count). The minimum atomic E-state index is -1.80. The van der Waals surface area contributed by atoms with E-state index in [4.69, 9.17) is 15.6 Å². The molecule has 5 N–H and O–H groups in total. The highest BCUT2D eigenvalue weighted by molar-refractivity contribution is 6.07. The Morgan fingerprint density at radius 2 is 1.89 bits per heavy atom. The summed E-state index contributed by atoms with van der Waals surface area (Å²) >= 11 is 0. The summed E-state index contributed by atoms with van der Waals surface area (Å²) in [6.45, 7) is 2.63. The number of hydrogen-bond donors (Lipinski definition) is 4. The second-order valence-corrected chi connectivity index (χ2v) is 10.8. The number of allylic oxidation sites excluding steroid dienone is 1. The first-order chi connectivity index (χ1) is 21.2. The van der Waals surface area contributed by atoms with Crippen LogP contribution in [0.5, 0.6) is 5.75 Å². The molecule has 0 aliphatic carbocycles. The maximum absolute atomic E-state index is 13.9. The zero-order chi connectivity index (χ0) is 31.3. The number of carbonyl (C=O) groups is 2. The zero-order valence-electron chi connectivity index (χ0n) is 24.7. The fraction of sp³-hybridized carbons (Fsp3) is 0.273. The maximum Gasteiger partial charge on any atom is 0.264 e. The number of aromatic nitrogens is 3. The summed E-state index contributed by atoms with van der Waals surface area (Å²) in [5.41, 5.74) is 8.24. The highest BCUT2D eigenvalue weighted by Gasteiger charge is 2.52. The van der Waals surface area contributed by atoms with E-state index >= 15 is 0 Å². The molecule has 2 amide bonds. The summed E-state index contributed by atoms with van der Waals surface area (Å²) in [5, 5.41) is 32.0. The number of carbonyl (C=O) groups excluding carboxylic acids is 2. The Bertz CT molecular complexity index is 1650. The Hall–Kier alpha value is -5.00. The number of aryl methyl sites for hydroxylation is 1. The number of nitrogens with one attached hydrogen (secondary N) is 1. The molecule has 0 radical (unpaired) electrons. The Balaban J connectivity index is 1.30. The Kier molecular flexibility index (Phi) is 9.07. The molecule has 0 saturated heterocycles. The monoisotopic (exact) mass is 596 g/mol. The molecule has 1 aromatic heterocycles. The number of hydrogen-bond acceptors (Lipinski definition) is 8. The molecule has 0 bridgehead atoms. The molecular formula is C33H36N6O5. The molecule has 11 nitrogen and oxygen atoms in total. The fourth-order valence-corrected chi connectivity index (χ4v) is 5.25. The molecule has 4 aromatic rings. The minimum absolute atomic E-state index is 0.0147.